The molecule has 7 heteroatoms. The third-order valence-corrected chi connectivity index (χ3v) is 3.80. The van der Waals surface area contributed by atoms with E-state index in [4.69, 9.17) is 16.3 Å². The van der Waals surface area contributed by atoms with Gasteiger partial charge in [0.05, 0.1) is 11.0 Å². The largest absolute Gasteiger partial charge is 0.382 e. The maximum Gasteiger partial charge on any atom is 0.152 e. The van der Waals surface area contributed by atoms with Crippen LogP contribution in [0.4, 0.5) is 5.82 Å². The quantitative estimate of drug-likeness (QED) is 0.573. The maximum atomic E-state index is 6.14. The Kier molecular flexibility index (Phi) is 4.94. The molecule has 2 heterocycles. The molecule has 128 valence electrons. The zero-order chi connectivity index (χ0) is 17.1. The topological polar surface area (TPSA) is 104 Å². The molecule has 24 heavy (non-hydrogen) atoms. The number of nitrogens with one attached hydrogen (secondary N) is 1. The van der Waals surface area contributed by atoms with Crippen LogP contribution in [0.25, 0.3) is 21.9 Å². The summed E-state index contributed by atoms with van der Waals surface area (Å²) in [4.78, 5) is 14.7. The fourth-order valence-corrected chi connectivity index (χ4v) is 2.78. The molecule has 0 aliphatic carbocycles. The van der Waals surface area contributed by atoms with Gasteiger partial charge in [0.15, 0.2) is 5.82 Å². The molecule has 0 spiro atoms. The molecule has 0 fully saturated rings. The Hall–Kier alpha value is -2.22. The number of nitrogens with two attached hydrogens (primary N) is 2. The first-order valence-corrected chi connectivity index (χ1v) is 8.22. The van der Waals surface area contributed by atoms with Crippen molar-refractivity contribution < 1.29 is 4.84 Å². The lowest BCUT2D eigenvalue weighted by molar-refractivity contribution is 0.00662. The number of aryl methyl sites for hydroxylation is 1. The van der Waals surface area contributed by atoms with Crippen LogP contribution in [-0.4, -0.2) is 27.1 Å². The van der Waals surface area contributed by atoms with Crippen LogP contribution in [0.3, 0.4) is 0 Å². The van der Waals surface area contributed by atoms with Crippen molar-refractivity contribution in [3.05, 3.63) is 30.1 Å². The van der Waals surface area contributed by atoms with Crippen LogP contribution >= 0.6 is 0 Å². The molecular weight excluding hydrogens is 304 g/mol. The van der Waals surface area contributed by atoms with Gasteiger partial charge in [-0.3, -0.25) is 4.84 Å². The summed E-state index contributed by atoms with van der Waals surface area (Å²) in [5.74, 6) is 1.25. The molecule has 0 saturated heterocycles. The molecule has 1 aromatic carbocycles. The highest BCUT2D eigenvalue weighted by Crippen LogP contribution is 2.29. The van der Waals surface area contributed by atoms with E-state index in [-0.39, 0.29) is 6.04 Å². The van der Waals surface area contributed by atoms with Crippen LogP contribution in [0.1, 0.15) is 26.1 Å². The Morgan fingerprint density at radius 1 is 1.25 bits per heavy atom. The predicted molar refractivity (Wildman–Crippen MR) is 96.2 cm³/mol. The number of benzene rings is 1. The van der Waals surface area contributed by atoms with Crippen LogP contribution < -0.4 is 16.9 Å². The van der Waals surface area contributed by atoms with Gasteiger partial charge in [-0.15, -0.1) is 0 Å². The van der Waals surface area contributed by atoms with Crippen LogP contribution in [0.5, 0.6) is 0 Å². The van der Waals surface area contributed by atoms with Gasteiger partial charge in [0.2, 0.25) is 0 Å². The Balaban J connectivity index is 2.13. The van der Waals surface area contributed by atoms with Crippen molar-refractivity contribution in [2.45, 2.75) is 39.5 Å². The standard InChI is InChI=1S/C17H24N6O/c1-11(2)22-24-10-14-21-15-16(23(14)9-5-8-18)12-6-3-4-7-13(12)20-17(15)19/h3-4,6-7,11,22H,5,8-10,18H2,1-2H3,(H2,19,20). The molecule has 0 radical (unpaired) electrons. The average molecular weight is 328 g/mol. The van der Waals surface area contributed by atoms with E-state index in [0.717, 1.165) is 35.2 Å². The number of pyridine rings is 1. The first-order valence-electron chi connectivity index (χ1n) is 8.22. The van der Waals surface area contributed by atoms with Crippen LogP contribution in [0.2, 0.25) is 0 Å². The zero-order valence-corrected chi connectivity index (χ0v) is 14.1. The van der Waals surface area contributed by atoms with Crippen molar-refractivity contribution in [3.8, 4) is 0 Å². The minimum atomic E-state index is 0.236. The summed E-state index contributed by atoms with van der Waals surface area (Å²) in [5, 5.41) is 1.04. The molecule has 0 saturated carbocycles. The fraction of sp³-hybridized carbons (Fsp3) is 0.412. The number of rotatable bonds is 7. The van der Waals surface area contributed by atoms with Gasteiger partial charge in [-0.1, -0.05) is 18.2 Å². The van der Waals surface area contributed by atoms with E-state index < -0.39 is 0 Å². The number of fused-ring (bicyclic) bond motifs is 3. The molecular formula is C17H24N6O. The summed E-state index contributed by atoms with van der Waals surface area (Å²) in [7, 11) is 0. The molecule has 5 N–H and O–H groups in total. The number of hydroxylamine groups is 1. The van der Waals surface area contributed by atoms with E-state index in [1.54, 1.807) is 0 Å². The van der Waals surface area contributed by atoms with E-state index in [9.17, 15) is 0 Å². The lowest BCUT2D eigenvalue weighted by atomic mass is 10.2. The SMILES string of the molecule is CC(C)NOCc1nc2c(N)nc3ccccc3c2n1CCCN. The number of anilines is 1. The van der Waals surface area contributed by atoms with E-state index in [1.807, 2.05) is 38.1 Å². The molecule has 0 aliphatic heterocycles. The predicted octanol–water partition coefficient (Wildman–Crippen LogP) is 1.95. The highest BCUT2D eigenvalue weighted by molar-refractivity contribution is 6.06. The van der Waals surface area contributed by atoms with Crippen molar-refractivity contribution in [2.75, 3.05) is 12.3 Å². The summed E-state index contributed by atoms with van der Waals surface area (Å²) in [6.45, 7) is 5.77. The van der Waals surface area contributed by atoms with Gasteiger partial charge >= 0.3 is 0 Å². The number of hydrogen-bond acceptors (Lipinski definition) is 6. The van der Waals surface area contributed by atoms with Gasteiger partial charge in [-0.2, -0.15) is 5.48 Å². The molecule has 0 unspecified atom stereocenters. The summed E-state index contributed by atoms with van der Waals surface area (Å²) in [6.07, 6.45) is 0.854. The lowest BCUT2D eigenvalue weighted by Gasteiger charge is -2.12. The summed E-state index contributed by atoms with van der Waals surface area (Å²) in [5.41, 5.74) is 17.4. The molecule has 0 bridgehead atoms. The van der Waals surface area contributed by atoms with Gasteiger partial charge in [0.25, 0.3) is 0 Å². The number of hydrogen-bond donors (Lipinski definition) is 3. The number of imidazole rings is 1. The lowest BCUT2D eigenvalue weighted by Crippen LogP contribution is -2.23. The molecule has 7 nitrogen and oxygen atoms in total. The van der Waals surface area contributed by atoms with Crippen molar-refractivity contribution in [1.82, 2.24) is 20.0 Å². The Morgan fingerprint density at radius 3 is 2.79 bits per heavy atom. The summed E-state index contributed by atoms with van der Waals surface area (Å²) < 4.78 is 2.14. The second-order valence-corrected chi connectivity index (χ2v) is 6.09. The average Bonchev–Trinajstić information content (AvgIpc) is 2.92. The fourth-order valence-electron chi connectivity index (χ4n) is 2.78. The van der Waals surface area contributed by atoms with E-state index >= 15 is 0 Å². The van der Waals surface area contributed by atoms with Gasteiger partial charge in [0, 0.05) is 18.0 Å². The minimum absolute atomic E-state index is 0.236. The Bertz CT molecular complexity index is 842. The van der Waals surface area contributed by atoms with Gasteiger partial charge in [-0.05, 0) is 32.9 Å². The first-order chi connectivity index (χ1) is 11.6. The van der Waals surface area contributed by atoms with Crippen molar-refractivity contribution in [1.29, 1.82) is 0 Å². The van der Waals surface area contributed by atoms with Crippen LogP contribution in [-0.2, 0) is 18.0 Å². The normalized spacial score (nSPS) is 11.8. The van der Waals surface area contributed by atoms with E-state index in [1.165, 1.54) is 0 Å². The Morgan fingerprint density at radius 2 is 2.04 bits per heavy atom. The van der Waals surface area contributed by atoms with Crippen LogP contribution in [0, 0.1) is 0 Å². The molecule has 3 rings (SSSR count). The zero-order valence-electron chi connectivity index (χ0n) is 14.1. The van der Waals surface area contributed by atoms with Gasteiger partial charge in [0.1, 0.15) is 17.9 Å². The molecule has 0 aliphatic rings. The number of nitrogen functional groups attached to an aromatic ring is 1. The highest BCUT2D eigenvalue weighted by Gasteiger charge is 2.17. The number of aromatic nitrogens is 3. The monoisotopic (exact) mass is 328 g/mol. The van der Waals surface area contributed by atoms with Crippen molar-refractivity contribution in [2.24, 2.45) is 5.73 Å². The van der Waals surface area contributed by atoms with E-state index in [2.05, 4.69) is 20.0 Å². The van der Waals surface area contributed by atoms with Gasteiger partial charge in [-0.25, -0.2) is 9.97 Å². The van der Waals surface area contributed by atoms with Crippen molar-refractivity contribution >= 4 is 27.8 Å². The summed E-state index contributed by atoms with van der Waals surface area (Å²) in [6, 6.07) is 8.19. The summed E-state index contributed by atoms with van der Waals surface area (Å²) >= 11 is 0. The van der Waals surface area contributed by atoms with Gasteiger partial charge < -0.3 is 16.0 Å². The molecule has 3 aromatic rings. The third kappa shape index (κ3) is 3.19. The first kappa shape index (κ1) is 16.6. The van der Waals surface area contributed by atoms with Crippen molar-refractivity contribution in [3.63, 3.8) is 0 Å². The minimum Gasteiger partial charge on any atom is -0.382 e. The second-order valence-electron chi connectivity index (χ2n) is 6.09. The molecule has 0 atom stereocenters. The molecule has 0 amide bonds. The van der Waals surface area contributed by atoms with Crippen LogP contribution in [0.15, 0.2) is 24.3 Å². The Labute approximate surface area is 141 Å². The number of nitrogens with zero attached hydrogens (tertiary/aromatic N) is 3. The maximum absolute atomic E-state index is 6.14. The number of para-hydroxylation sites is 1. The second kappa shape index (κ2) is 7.12. The van der Waals surface area contributed by atoms with E-state index in [0.29, 0.717) is 24.5 Å². The highest BCUT2D eigenvalue weighted by atomic mass is 16.6. The molecule has 2 aromatic heterocycles. The smallest absolute Gasteiger partial charge is 0.152 e. The third-order valence-electron chi connectivity index (χ3n) is 3.80.